The molecule has 11 nitrogen and oxygen atoms in total. The molecule has 3 aromatic carbocycles. The Morgan fingerprint density at radius 2 is 1.86 bits per heavy atom. The minimum atomic E-state index is -3.99. The van der Waals surface area contributed by atoms with E-state index in [1.807, 2.05) is 54.1 Å². The molecular weight excluding hydrogens is 655 g/mol. The van der Waals surface area contributed by atoms with E-state index in [1.54, 1.807) is 39.0 Å². The molecule has 3 heterocycles. The summed E-state index contributed by atoms with van der Waals surface area (Å²) in [5.41, 5.74) is 2.24. The van der Waals surface area contributed by atoms with Crippen LogP contribution in [0.15, 0.2) is 84.3 Å². The zero-order valence-electron chi connectivity index (χ0n) is 29.4. The number of nitrogens with zero attached hydrogens (tertiary/aromatic N) is 4. The summed E-state index contributed by atoms with van der Waals surface area (Å²) in [5, 5.41) is 8.12. The van der Waals surface area contributed by atoms with E-state index in [9.17, 15) is 8.42 Å². The van der Waals surface area contributed by atoms with Crippen LogP contribution in [0.25, 0.3) is 0 Å². The largest absolute Gasteiger partial charge is 0.497 e. The number of aromatic nitrogens is 3. The molecule has 268 valence electrons. The highest BCUT2D eigenvalue weighted by Gasteiger charge is 2.40. The van der Waals surface area contributed by atoms with E-state index in [2.05, 4.69) is 39.4 Å². The Hall–Kier alpha value is -3.97. The molecule has 50 heavy (non-hydrogen) atoms. The molecule has 6 rings (SSSR count). The monoisotopic (exact) mass is 703 g/mol. The predicted octanol–water partition coefficient (Wildman–Crippen LogP) is 5.88. The maximum atomic E-state index is 14.6. The highest BCUT2D eigenvalue weighted by Crippen LogP contribution is 2.42. The van der Waals surface area contributed by atoms with Crippen LogP contribution < -0.4 is 19.7 Å². The molecule has 0 amide bonds. The Balaban J connectivity index is 1.35. The molecule has 0 bridgehead atoms. The van der Waals surface area contributed by atoms with Crippen molar-refractivity contribution in [2.75, 3.05) is 52.0 Å². The second-order valence-corrected chi connectivity index (χ2v) is 15.2. The van der Waals surface area contributed by atoms with Crippen molar-refractivity contribution < 1.29 is 27.4 Å². The SMILES string of the molecule is CC[C@H](C[C@H]1C[C@H](c2ccc(OC)cc2)[C@@H](OC(c2ccc3c(c2)N(CCCOC)CCO3)S(=O)(=O)c2ccc(C)cc2)CN1)n1cncn1. The lowest BCUT2D eigenvalue weighted by atomic mass is 9.82. The molecule has 2 aliphatic heterocycles. The normalized spacial score (nSPS) is 20.5. The van der Waals surface area contributed by atoms with Gasteiger partial charge in [-0.25, -0.2) is 18.1 Å². The Morgan fingerprint density at radius 1 is 1.06 bits per heavy atom. The number of benzene rings is 3. The molecule has 1 saturated heterocycles. The quantitative estimate of drug-likeness (QED) is 0.151. The Kier molecular flexibility index (Phi) is 11.7. The number of rotatable bonds is 15. The molecule has 0 saturated carbocycles. The number of sulfone groups is 1. The number of nitrogens with one attached hydrogen (secondary N) is 1. The standard InChI is InChI=1S/C38H49N5O6S/c1-5-31(43-26-39-25-41-43)22-30-23-34(28-9-12-32(47-4)13-10-28)37(24-40-30)49-38(50(44,45)33-14-7-27(2)8-15-33)29-11-16-36-35(21-29)42(18-20-48-36)17-6-19-46-3/h7-16,21,25-26,30-31,34,37-38,40H,5-6,17-20,22-24H2,1-4H3/t30-,31+,34+,37-,38?/m0/s1. The van der Waals surface area contributed by atoms with E-state index in [0.29, 0.717) is 31.9 Å². The van der Waals surface area contributed by atoms with Crippen molar-refractivity contribution >= 4 is 15.5 Å². The lowest BCUT2D eigenvalue weighted by molar-refractivity contribution is -0.00775. The van der Waals surface area contributed by atoms with Crippen LogP contribution in [0.3, 0.4) is 0 Å². The molecule has 1 N–H and O–H groups in total. The van der Waals surface area contributed by atoms with E-state index in [4.69, 9.17) is 18.9 Å². The van der Waals surface area contributed by atoms with Gasteiger partial charge >= 0.3 is 0 Å². The highest BCUT2D eigenvalue weighted by molar-refractivity contribution is 7.91. The third-order valence-electron chi connectivity index (χ3n) is 9.90. The first-order valence-electron chi connectivity index (χ1n) is 17.5. The minimum absolute atomic E-state index is 0.0809. The highest BCUT2D eigenvalue weighted by atomic mass is 32.2. The van der Waals surface area contributed by atoms with E-state index in [1.165, 1.54) is 0 Å². The Labute approximate surface area is 295 Å². The minimum Gasteiger partial charge on any atom is -0.497 e. The van der Waals surface area contributed by atoms with Crippen molar-refractivity contribution in [3.8, 4) is 11.5 Å². The van der Waals surface area contributed by atoms with Gasteiger partial charge in [-0.05, 0) is 80.1 Å². The van der Waals surface area contributed by atoms with E-state index in [-0.39, 0.29) is 22.9 Å². The van der Waals surface area contributed by atoms with E-state index >= 15 is 0 Å². The van der Waals surface area contributed by atoms with E-state index < -0.39 is 21.4 Å². The molecule has 1 unspecified atom stereocenters. The summed E-state index contributed by atoms with van der Waals surface area (Å²) in [7, 11) is -0.635. The maximum Gasteiger partial charge on any atom is 0.209 e. The van der Waals surface area contributed by atoms with Crippen molar-refractivity contribution in [1.82, 2.24) is 20.1 Å². The van der Waals surface area contributed by atoms with Crippen LogP contribution in [-0.2, 0) is 19.3 Å². The van der Waals surface area contributed by atoms with Crippen molar-refractivity contribution in [2.45, 2.75) is 74.0 Å². The fourth-order valence-corrected chi connectivity index (χ4v) is 8.65. The van der Waals surface area contributed by atoms with Crippen molar-refractivity contribution in [3.05, 3.63) is 96.1 Å². The van der Waals surface area contributed by atoms with Gasteiger partial charge in [0.25, 0.3) is 0 Å². The van der Waals surface area contributed by atoms with Gasteiger partial charge in [-0.3, -0.25) is 0 Å². The van der Waals surface area contributed by atoms with Crippen molar-refractivity contribution in [3.63, 3.8) is 0 Å². The number of piperidine rings is 1. The van der Waals surface area contributed by atoms with Crippen LogP contribution in [0.5, 0.6) is 11.5 Å². The van der Waals surface area contributed by atoms with Crippen LogP contribution in [-0.4, -0.2) is 82.4 Å². The first kappa shape index (κ1) is 35.8. The van der Waals surface area contributed by atoms with Crippen LogP contribution in [0.4, 0.5) is 5.69 Å². The van der Waals surface area contributed by atoms with Crippen molar-refractivity contribution in [2.24, 2.45) is 0 Å². The summed E-state index contributed by atoms with van der Waals surface area (Å²) in [6.07, 6.45) is 6.26. The number of methoxy groups -OCH3 is 2. The molecule has 0 radical (unpaired) electrons. The van der Waals surface area contributed by atoms with E-state index in [0.717, 1.165) is 60.5 Å². The van der Waals surface area contributed by atoms with Gasteiger partial charge in [0.15, 0.2) is 5.44 Å². The summed E-state index contributed by atoms with van der Waals surface area (Å²) < 4.78 is 54.9. The zero-order valence-corrected chi connectivity index (χ0v) is 30.2. The molecule has 5 atom stereocenters. The van der Waals surface area contributed by atoms with Crippen LogP contribution in [0.1, 0.15) is 66.7 Å². The summed E-state index contributed by atoms with van der Waals surface area (Å²) in [6.45, 7) is 7.26. The lowest BCUT2D eigenvalue weighted by Crippen LogP contribution is -2.48. The van der Waals surface area contributed by atoms with Gasteiger partial charge in [-0.15, -0.1) is 0 Å². The average molecular weight is 704 g/mol. The first-order chi connectivity index (χ1) is 24.3. The molecule has 4 aromatic rings. The van der Waals surface area contributed by atoms with Gasteiger partial charge in [-0.2, -0.15) is 5.10 Å². The van der Waals surface area contributed by atoms with Gasteiger partial charge < -0.3 is 29.2 Å². The number of hydrogen-bond acceptors (Lipinski definition) is 10. The third-order valence-corrected chi connectivity index (χ3v) is 11.8. The first-order valence-corrected chi connectivity index (χ1v) is 19.0. The molecule has 1 fully saturated rings. The zero-order chi connectivity index (χ0) is 35.1. The smallest absolute Gasteiger partial charge is 0.209 e. The number of ether oxygens (including phenoxy) is 4. The molecule has 2 aliphatic rings. The molecular formula is C38H49N5O6S. The summed E-state index contributed by atoms with van der Waals surface area (Å²) in [4.78, 5) is 6.63. The molecule has 0 spiro atoms. The molecule has 12 heteroatoms. The fraction of sp³-hybridized carbons (Fsp3) is 0.474. The number of anilines is 1. The van der Waals surface area contributed by atoms with Crippen LogP contribution in [0, 0.1) is 6.92 Å². The fourth-order valence-electron chi connectivity index (χ4n) is 7.10. The number of aryl methyl sites for hydroxylation is 1. The molecule has 1 aromatic heterocycles. The summed E-state index contributed by atoms with van der Waals surface area (Å²) >= 11 is 0. The number of fused-ring (bicyclic) bond motifs is 1. The van der Waals surface area contributed by atoms with Gasteiger partial charge in [0.05, 0.1) is 36.4 Å². The van der Waals surface area contributed by atoms with Crippen LogP contribution in [0.2, 0.25) is 0 Å². The summed E-state index contributed by atoms with van der Waals surface area (Å²) in [6, 6.07) is 21.0. The van der Waals surface area contributed by atoms with Crippen molar-refractivity contribution in [1.29, 1.82) is 0 Å². The topological polar surface area (TPSA) is 117 Å². The second kappa shape index (κ2) is 16.4. The van der Waals surface area contributed by atoms with Gasteiger partial charge in [-0.1, -0.05) is 42.8 Å². The van der Waals surface area contributed by atoms with Crippen LogP contribution >= 0.6 is 0 Å². The lowest BCUT2D eigenvalue weighted by Gasteiger charge is -2.40. The summed E-state index contributed by atoms with van der Waals surface area (Å²) in [5.74, 6) is 1.42. The predicted molar refractivity (Wildman–Crippen MR) is 193 cm³/mol. The second-order valence-electron chi connectivity index (χ2n) is 13.2. The maximum absolute atomic E-state index is 14.6. The number of hydrogen-bond donors (Lipinski definition) is 1. The Bertz CT molecular complexity index is 1770. The third kappa shape index (κ3) is 8.15. The van der Waals surface area contributed by atoms with Gasteiger partial charge in [0.1, 0.15) is 30.8 Å². The Morgan fingerprint density at radius 3 is 2.56 bits per heavy atom. The van der Waals surface area contributed by atoms with Gasteiger partial charge in [0, 0.05) is 38.8 Å². The average Bonchev–Trinajstić information content (AvgIpc) is 3.68. The van der Waals surface area contributed by atoms with Gasteiger partial charge in [0.2, 0.25) is 9.84 Å². The molecule has 0 aliphatic carbocycles.